The molecule has 6 nitrogen and oxygen atoms in total. The maximum atomic E-state index is 12.4. The van der Waals surface area contributed by atoms with Crippen molar-refractivity contribution in [1.82, 2.24) is 4.90 Å². The minimum atomic E-state index is -0.787. The van der Waals surface area contributed by atoms with Gasteiger partial charge < -0.3 is 10.4 Å². The molecule has 0 radical (unpaired) electrons. The fraction of sp³-hybridized carbons (Fsp3) is 0.500. The molecule has 0 unspecified atom stereocenters. The first-order valence-corrected chi connectivity index (χ1v) is 8.24. The molecule has 2 atom stereocenters. The lowest BCUT2D eigenvalue weighted by atomic mass is 9.94. The second kappa shape index (κ2) is 8.06. The van der Waals surface area contributed by atoms with Crippen LogP contribution in [0.3, 0.4) is 0 Å². The molecule has 1 aromatic carbocycles. The Labute approximate surface area is 141 Å². The molecule has 130 valence electrons. The van der Waals surface area contributed by atoms with Gasteiger partial charge in [-0.15, -0.1) is 0 Å². The Morgan fingerprint density at radius 2 is 1.96 bits per heavy atom. The number of ketones is 1. The van der Waals surface area contributed by atoms with Crippen molar-refractivity contribution < 1.29 is 19.5 Å². The van der Waals surface area contributed by atoms with Crippen LogP contribution in [-0.2, 0) is 9.59 Å². The zero-order valence-electron chi connectivity index (χ0n) is 14.1. The van der Waals surface area contributed by atoms with Crippen LogP contribution in [0.2, 0.25) is 0 Å². The number of nitrogens with one attached hydrogen (secondary N) is 1. The van der Waals surface area contributed by atoms with Crippen LogP contribution < -0.4 is 5.32 Å². The maximum Gasteiger partial charge on any atom is 0.303 e. The minimum Gasteiger partial charge on any atom is -0.481 e. The lowest BCUT2D eigenvalue weighted by Gasteiger charge is -2.35. The third-order valence-corrected chi connectivity index (χ3v) is 4.50. The molecule has 1 aliphatic heterocycles. The molecule has 2 rings (SSSR count). The third kappa shape index (κ3) is 4.89. The topological polar surface area (TPSA) is 86.7 Å². The summed E-state index contributed by atoms with van der Waals surface area (Å²) < 4.78 is 0. The Kier molecular flexibility index (Phi) is 6.09. The van der Waals surface area contributed by atoms with E-state index in [0.717, 1.165) is 19.4 Å². The van der Waals surface area contributed by atoms with Gasteiger partial charge in [0.1, 0.15) is 0 Å². The van der Waals surface area contributed by atoms with Crippen molar-refractivity contribution in [3.8, 4) is 0 Å². The summed E-state index contributed by atoms with van der Waals surface area (Å²) in [4.78, 5) is 36.6. The van der Waals surface area contributed by atoms with Gasteiger partial charge in [-0.25, -0.2) is 0 Å². The van der Waals surface area contributed by atoms with E-state index in [1.54, 1.807) is 24.3 Å². The van der Waals surface area contributed by atoms with E-state index in [1.165, 1.54) is 6.92 Å². The normalized spacial score (nSPS) is 19.5. The predicted octanol–water partition coefficient (Wildman–Crippen LogP) is 2.40. The molecule has 1 heterocycles. The number of rotatable bonds is 6. The Morgan fingerprint density at radius 3 is 2.54 bits per heavy atom. The van der Waals surface area contributed by atoms with Crippen molar-refractivity contribution in [3.63, 3.8) is 0 Å². The van der Waals surface area contributed by atoms with E-state index in [9.17, 15) is 14.4 Å². The highest BCUT2D eigenvalue weighted by atomic mass is 16.4. The first-order valence-electron chi connectivity index (χ1n) is 8.24. The quantitative estimate of drug-likeness (QED) is 0.781. The smallest absolute Gasteiger partial charge is 0.303 e. The molecule has 0 saturated carbocycles. The van der Waals surface area contributed by atoms with Crippen molar-refractivity contribution in [2.75, 3.05) is 18.4 Å². The second-order valence-electron chi connectivity index (χ2n) is 6.40. The summed E-state index contributed by atoms with van der Waals surface area (Å²) in [6.07, 6.45) is 1.95. The number of carbonyl (C=O) groups is 3. The summed E-state index contributed by atoms with van der Waals surface area (Å²) in [5, 5.41) is 11.8. The van der Waals surface area contributed by atoms with Crippen LogP contribution in [0.1, 0.15) is 43.5 Å². The van der Waals surface area contributed by atoms with E-state index in [4.69, 9.17) is 5.11 Å². The lowest BCUT2D eigenvalue weighted by Crippen LogP contribution is -2.47. The van der Waals surface area contributed by atoms with E-state index >= 15 is 0 Å². The SMILES string of the molecule is CC(=O)c1ccc(NC(=O)[C@@H](C)N2CCC[C@H](CC(=O)O)C2)cc1. The number of benzene rings is 1. The number of nitrogens with zero attached hydrogens (tertiary/aromatic N) is 1. The molecular weight excluding hydrogens is 308 g/mol. The van der Waals surface area contributed by atoms with Gasteiger partial charge in [0, 0.05) is 24.2 Å². The van der Waals surface area contributed by atoms with E-state index in [0.29, 0.717) is 17.8 Å². The number of Topliss-reactive ketones (excluding diaryl/α,β-unsaturated/α-hetero) is 1. The molecular formula is C18H24N2O4. The Morgan fingerprint density at radius 1 is 1.29 bits per heavy atom. The van der Waals surface area contributed by atoms with Crippen LogP contribution in [0.5, 0.6) is 0 Å². The molecule has 1 saturated heterocycles. The number of amides is 1. The van der Waals surface area contributed by atoms with Gasteiger partial charge in [-0.1, -0.05) is 0 Å². The fourth-order valence-electron chi connectivity index (χ4n) is 3.06. The summed E-state index contributed by atoms with van der Waals surface area (Å²) in [5.41, 5.74) is 1.25. The monoisotopic (exact) mass is 332 g/mol. The van der Waals surface area contributed by atoms with Gasteiger partial charge >= 0.3 is 5.97 Å². The third-order valence-electron chi connectivity index (χ3n) is 4.50. The van der Waals surface area contributed by atoms with E-state index in [-0.39, 0.29) is 30.1 Å². The van der Waals surface area contributed by atoms with Crippen LogP contribution in [0, 0.1) is 5.92 Å². The van der Waals surface area contributed by atoms with Crippen LogP contribution in [0.25, 0.3) is 0 Å². The van der Waals surface area contributed by atoms with Gasteiger partial charge in [0.2, 0.25) is 5.91 Å². The Hall–Kier alpha value is -2.21. The summed E-state index contributed by atoms with van der Waals surface area (Å²) in [5.74, 6) is -0.827. The largest absolute Gasteiger partial charge is 0.481 e. The van der Waals surface area contributed by atoms with Crippen LogP contribution >= 0.6 is 0 Å². The van der Waals surface area contributed by atoms with Crippen LogP contribution in [-0.4, -0.2) is 46.8 Å². The fourth-order valence-corrected chi connectivity index (χ4v) is 3.06. The zero-order valence-corrected chi connectivity index (χ0v) is 14.1. The highest BCUT2D eigenvalue weighted by molar-refractivity contribution is 5.97. The first-order chi connectivity index (χ1) is 11.4. The van der Waals surface area contributed by atoms with Crippen molar-refractivity contribution in [2.45, 2.75) is 39.2 Å². The Balaban J connectivity index is 1.93. The highest BCUT2D eigenvalue weighted by Gasteiger charge is 2.28. The number of piperidine rings is 1. The van der Waals surface area contributed by atoms with E-state index in [2.05, 4.69) is 5.32 Å². The average Bonchev–Trinajstić information content (AvgIpc) is 2.54. The molecule has 0 aliphatic carbocycles. The van der Waals surface area contributed by atoms with Crippen molar-refractivity contribution in [3.05, 3.63) is 29.8 Å². The summed E-state index contributed by atoms with van der Waals surface area (Å²) in [7, 11) is 0. The van der Waals surface area contributed by atoms with E-state index < -0.39 is 5.97 Å². The molecule has 1 fully saturated rings. The summed E-state index contributed by atoms with van der Waals surface area (Å²) >= 11 is 0. The van der Waals surface area contributed by atoms with Crippen LogP contribution in [0.15, 0.2) is 24.3 Å². The number of carbonyl (C=O) groups excluding carboxylic acids is 2. The number of carboxylic acids is 1. The summed E-state index contributed by atoms with van der Waals surface area (Å²) in [6.45, 7) is 4.76. The first kappa shape index (κ1) is 18.1. The van der Waals surface area contributed by atoms with Gasteiger partial charge in [0.05, 0.1) is 6.04 Å². The summed E-state index contributed by atoms with van der Waals surface area (Å²) in [6, 6.07) is 6.48. The van der Waals surface area contributed by atoms with Gasteiger partial charge in [0.25, 0.3) is 0 Å². The maximum absolute atomic E-state index is 12.4. The van der Waals surface area contributed by atoms with Crippen molar-refractivity contribution in [2.24, 2.45) is 5.92 Å². The molecule has 1 aromatic rings. The van der Waals surface area contributed by atoms with Gasteiger partial charge in [-0.2, -0.15) is 0 Å². The van der Waals surface area contributed by atoms with Crippen molar-refractivity contribution >= 4 is 23.3 Å². The number of hydrogen-bond donors (Lipinski definition) is 2. The van der Waals surface area contributed by atoms with E-state index in [1.807, 2.05) is 11.8 Å². The van der Waals surface area contributed by atoms with Crippen LogP contribution in [0.4, 0.5) is 5.69 Å². The number of hydrogen-bond acceptors (Lipinski definition) is 4. The molecule has 2 N–H and O–H groups in total. The Bertz CT molecular complexity index is 612. The number of likely N-dealkylation sites (tertiary alicyclic amines) is 1. The molecule has 0 spiro atoms. The average molecular weight is 332 g/mol. The van der Waals surface area contributed by atoms with Gasteiger partial charge in [-0.05, 0) is 63.4 Å². The predicted molar refractivity (Wildman–Crippen MR) is 91.1 cm³/mol. The number of anilines is 1. The lowest BCUT2D eigenvalue weighted by molar-refractivity contribution is -0.138. The number of carboxylic acid groups (broad SMARTS) is 1. The highest BCUT2D eigenvalue weighted by Crippen LogP contribution is 2.22. The molecule has 24 heavy (non-hydrogen) atoms. The number of aliphatic carboxylic acids is 1. The zero-order chi connectivity index (χ0) is 17.7. The molecule has 1 aliphatic rings. The molecule has 0 aromatic heterocycles. The molecule has 1 amide bonds. The molecule has 0 bridgehead atoms. The standard InChI is InChI=1S/C18H24N2O4/c1-12(20-9-3-4-14(11-20)10-17(22)23)18(24)19-16-7-5-15(6-8-16)13(2)21/h5-8,12,14H,3-4,9-11H2,1-2H3,(H,19,24)(H,22,23)/t12-,14-/m1/s1. The van der Waals surface area contributed by atoms with Crippen molar-refractivity contribution in [1.29, 1.82) is 0 Å². The molecule has 6 heteroatoms. The van der Waals surface area contributed by atoms with Gasteiger partial charge in [0.15, 0.2) is 5.78 Å². The minimum absolute atomic E-state index is 0.0148. The second-order valence-corrected chi connectivity index (χ2v) is 6.40. The van der Waals surface area contributed by atoms with Gasteiger partial charge in [-0.3, -0.25) is 19.3 Å².